The maximum atomic E-state index is 12.3. The molecule has 1 N–H and O–H groups in total. The Labute approximate surface area is 150 Å². The topological polar surface area (TPSA) is 77.1 Å². The average molecular weight is 367 g/mol. The lowest BCUT2D eigenvalue weighted by atomic mass is 10.2. The highest BCUT2D eigenvalue weighted by Crippen LogP contribution is 2.40. The first-order valence-corrected chi connectivity index (χ1v) is 8.36. The van der Waals surface area contributed by atoms with Gasteiger partial charge in [-0.05, 0) is 30.7 Å². The fourth-order valence-electron chi connectivity index (χ4n) is 2.64. The van der Waals surface area contributed by atoms with Gasteiger partial charge in [0.15, 0.2) is 11.5 Å². The Bertz CT molecular complexity index is 701. The van der Waals surface area contributed by atoms with Gasteiger partial charge in [-0.2, -0.15) is 0 Å². The number of ether oxygens (including phenoxy) is 3. The number of amides is 2. The van der Waals surface area contributed by atoms with Gasteiger partial charge < -0.3 is 24.4 Å². The smallest absolute Gasteiger partial charge is 0.245 e. The van der Waals surface area contributed by atoms with Crippen molar-refractivity contribution in [1.82, 2.24) is 10.2 Å². The fraction of sp³-hybridized carbons (Fsp3) is 0.412. The molecule has 1 atom stereocenters. The molecule has 1 aromatic rings. The highest BCUT2D eigenvalue weighted by atomic mass is 35.5. The molecule has 0 aromatic heterocycles. The van der Waals surface area contributed by atoms with Crippen LogP contribution in [0.4, 0.5) is 0 Å². The number of hydrogen-bond donors (Lipinski definition) is 1. The van der Waals surface area contributed by atoms with E-state index >= 15 is 0 Å². The Kier molecular flexibility index (Phi) is 5.45. The van der Waals surface area contributed by atoms with Crippen LogP contribution in [-0.4, -0.2) is 55.9 Å². The lowest BCUT2D eigenvalue weighted by Gasteiger charge is -2.29. The molecular formula is C17H19ClN2O5. The van der Waals surface area contributed by atoms with Gasteiger partial charge in [-0.1, -0.05) is 11.6 Å². The van der Waals surface area contributed by atoms with Gasteiger partial charge in [0.25, 0.3) is 0 Å². The van der Waals surface area contributed by atoms with Crippen molar-refractivity contribution in [3.8, 4) is 11.5 Å². The number of fused-ring (bicyclic) bond motifs is 1. The van der Waals surface area contributed by atoms with Crippen LogP contribution < -0.4 is 14.8 Å². The van der Waals surface area contributed by atoms with Crippen LogP contribution in [0.25, 0.3) is 6.08 Å². The first kappa shape index (κ1) is 17.6. The van der Waals surface area contributed by atoms with Crippen LogP contribution >= 0.6 is 11.6 Å². The third-order valence-corrected chi connectivity index (χ3v) is 4.21. The maximum absolute atomic E-state index is 12.3. The molecule has 1 unspecified atom stereocenters. The molecule has 2 aliphatic rings. The van der Waals surface area contributed by atoms with Crippen molar-refractivity contribution in [2.75, 3.05) is 33.1 Å². The molecule has 3 rings (SSSR count). The van der Waals surface area contributed by atoms with E-state index in [2.05, 4.69) is 5.32 Å². The van der Waals surface area contributed by atoms with E-state index in [0.717, 1.165) is 0 Å². The van der Waals surface area contributed by atoms with Crippen molar-refractivity contribution in [1.29, 1.82) is 0 Å². The highest BCUT2D eigenvalue weighted by Gasteiger charge is 2.23. The zero-order chi connectivity index (χ0) is 17.8. The van der Waals surface area contributed by atoms with Crippen LogP contribution in [0.15, 0.2) is 18.2 Å². The summed E-state index contributed by atoms with van der Waals surface area (Å²) in [5.74, 6) is 0.579. The molecule has 0 aliphatic carbocycles. The summed E-state index contributed by atoms with van der Waals surface area (Å²) in [6.45, 7) is 3.94. The van der Waals surface area contributed by atoms with Crippen molar-refractivity contribution in [3.63, 3.8) is 0 Å². The molecular weight excluding hydrogens is 348 g/mol. The van der Waals surface area contributed by atoms with Crippen LogP contribution in [0, 0.1) is 0 Å². The highest BCUT2D eigenvalue weighted by molar-refractivity contribution is 6.32. The Balaban J connectivity index is 1.57. The number of nitrogens with one attached hydrogen (secondary N) is 1. The molecule has 1 aromatic carbocycles. The second-order valence-corrected chi connectivity index (χ2v) is 6.14. The van der Waals surface area contributed by atoms with Gasteiger partial charge in [0.2, 0.25) is 18.6 Å². The van der Waals surface area contributed by atoms with E-state index in [9.17, 15) is 9.59 Å². The molecule has 134 valence electrons. The molecule has 0 saturated carbocycles. The van der Waals surface area contributed by atoms with Gasteiger partial charge in [-0.15, -0.1) is 0 Å². The fourth-order valence-corrected chi connectivity index (χ4v) is 2.91. The number of benzene rings is 1. The molecule has 1 fully saturated rings. The summed E-state index contributed by atoms with van der Waals surface area (Å²) in [5.41, 5.74) is 0.705. The first-order chi connectivity index (χ1) is 12.0. The molecule has 7 nitrogen and oxygen atoms in total. The molecule has 8 heteroatoms. The van der Waals surface area contributed by atoms with E-state index < -0.39 is 6.04 Å². The summed E-state index contributed by atoms with van der Waals surface area (Å²) in [6, 6.07) is 2.82. The molecule has 0 bridgehead atoms. The Morgan fingerprint density at radius 1 is 1.28 bits per heavy atom. The summed E-state index contributed by atoms with van der Waals surface area (Å²) >= 11 is 6.10. The molecule has 0 spiro atoms. The molecule has 1 saturated heterocycles. The Morgan fingerprint density at radius 3 is 2.80 bits per heavy atom. The normalized spacial score (nSPS) is 17.6. The quantitative estimate of drug-likeness (QED) is 0.816. The number of halogens is 1. The van der Waals surface area contributed by atoms with E-state index in [1.54, 1.807) is 30.0 Å². The minimum absolute atomic E-state index is 0.115. The van der Waals surface area contributed by atoms with Gasteiger partial charge in [-0.25, -0.2) is 0 Å². The average Bonchev–Trinajstić information content (AvgIpc) is 3.09. The van der Waals surface area contributed by atoms with Crippen molar-refractivity contribution >= 4 is 29.5 Å². The van der Waals surface area contributed by atoms with Crippen LogP contribution in [0.1, 0.15) is 12.5 Å². The number of carbonyl (C=O) groups excluding carboxylic acids is 2. The largest absolute Gasteiger partial charge is 0.454 e. The lowest BCUT2D eigenvalue weighted by Crippen LogP contribution is -2.50. The molecule has 0 radical (unpaired) electrons. The third-order valence-electron chi connectivity index (χ3n) is 3.93. The minimum atomic E-state index is -0.601. The summed E-state index contributed by atoms with van der Waals surface area (Å²) in [4.78, 5) is 26.0. The van der Waals surface area contributed by atoms with Crippen molar-refractivity contribution < 1.29 is 23.8 Å². The number of rotatable bonds is 4. The number of morpholine rings is 1. The van der Waals surface area contributed by atoms with Crippen molar-refractivity contribution in [2.45, 2.75) is 13.0 Å². The predicted octanol–water partition coefficient (Wildman–Crippen LogP) is 1.45. The molecule has 2 aliphatic heterocycles. The van der Waals surface area contributed by atoms with E-state index in [1.807, 2.05) is 0 Å². The van der Waals surface area contributed by atoms with Gasteiger partial charge in [0.05, 0.1) is 18.2 Å². The lowest BCUT2D eigenvalue weighted by molar-refractivity contribution is -0.138. The van der Waals surface area contributed by atoms with Gasteiger partial charge in [0.1, 0.15) is 6.04 Å². The second-order valence-electron chi connectivity index (χ2n) is 5.74. The van der Waals surface area contributed by atoms with Crippen LogP contribution in [0.2, 0.25) is 5.02 Å². The van der Waals surface area contributed by atoms with Crippen molar-refractivity contribution in [2.24, 2.45) is 0 Å². The van der Waals surface area contributed by atoms with Crippen molar-refractivity contribution in [3.05, 3.63) is 28.8 Å². The van der Waals surface area contributed by atoms with Gasteiger partial charge in [-0.3, -0.25) is 9.59 Å². The summed E-state index contributed by atoms with van der Waals surface area (Å²) < 4.78 is 15.7. The SMILES string of the molecule is CC(NC(=O)C=Cc1cc(Cl)c2c(c1)OCO2)C(=O)N1CCOCC1. The van der Waals surface area contributed by atoms with Crippen LogP contribution in [0.5, 0.6) is 11.5 Å². The van der Waals surface area contributed by atoms with E-state index in [0.29, 0.717) is 48.4 Å². The van der Waals surface area contributed by atoms with E-state index in [1.165, 1.54) is 6.08 Å². The number of hydrogen-bond acceptors (Lipinski definition) is 5. The zero-order valence-electron chi connectivity index (χ0n) is 13.8. The third kappa shape index (κ3) is 4.24. The van der Waals surface area contributed by atoms with Gasteiger partial charge in [0, 0.05) is 19.2 Å². The summed E-state index contributed by atoms with van der Waals surface area (Å²) in [5, 5.41) is 3.09. The van der Waals surface area contributed by atoms with E-state index in [-0.39, 0.29) is 18.6 Å². The number of carbonyl (C=O) groups is 2. The first-order valence-electron chi connectivity index (χ1n) is 7.99. The standard InChI is InChI=1S/C17H19ClN2O5/c1-11(17(22)20-4-6-23-7-5-20)19-15(21)3-2-12-8-13(18)16-14(9-12)24-10-25-16/h2-3,8-9,11H,4-7,10H2,1H3,(H,19,21). The second kappa shape index (κ2) is 7.76. The van der Waals surface area contributed by atoms with Gasteiger partial charge >= 0.3 is 0 Å². The minimum Gasteiger partial charge on any atom is -0.454 e. The molecule has 25 heavy (non-hydrogen) atoms. The number of nitrogens with zero attached hydrogens (tertiary/aromatic N) is 1. The van der Waals surface area contributed by atoms with Crippen LogP contribution in [-0.2, 0) is 14.3 Å². The predicted molar refractivity (Wildman–Crippen MR) is 91.6 cm³/mol. The monoisotopic (exact) mass is 366 g/mol. The Morgan fingerprint density at radius 2 is 2.04 bits per heavy atom. The zero-order valence-corrected chi connectivity index (χ0v) is 14.5. The maximum Gasteiger partial charge on any atom is 0.245 e. The van der Waals surface area contributed by atoms with Crippen LogP contribution in [0.3, 0.4) is 0 Å². The molecule has 2 amide bonds. The summed E-state index contributed by atoms with van der Waals surface area (Å²) in [7, 11) is 0. The Hall–Kier alpha value is -2.25. The molecule has 2 heterocycles. The summed E-state index contributed by atoms with van der Waals surface area (Å²) in [6.07, 6.45) is 2.96. The van der Waals surface area contributed by atoms with E-state index in [4.69, 9.17) is 25.8 Å².